The summed E-state index contributed by atoms with van der Waals surface area (Å²) < 4.78 is 4.85. The molecule has 1 aromatic rings. The van der Waals surface area contributed by atoms with Gasteiger partial charge in [-0.2, -0.15) is 0 Å². The number of amides is 1. The van der Waals surface area contributed by atoms with E-state index in [9.17, 15) is 4.79 Å². The lowest BCUT2D eigenvalue weighted by Crippen LogP contribution is -2.33. The Morgan fingerprint density at radius 2 is 2.38 bits per heavy atom. The van der Waals surface area contributed by atoms with Crippen molar-refractivity contribution in [3.8, 4) is 5.88 Å². The van der Waals surface area contributed by atoms with Gasteiger partial charge in [-0.25, -0.2) is 4.98 Å². The second kappa shape index (κ2) is 6.04. The Hall–Kier alpha value is -1.66. The van der Waals surface area contributed by atoms with E-state index in [-0.39, 0.29) is 19.1 Å². The van der Waals surface area contributed by atoms with Gasteiger partial charge >= 0.3 is 0 Å². The van der Waals surface area contributed by atoms with E-state index < -0.39 is 6.10 Å². The molecule has 0 aromatic carbocycles. The topological polar surface area (TPSA) is 91.7 Å². The lowest BCUT2D eigenvalue weighted by molar-refractivity contribution is 0.0801. The minimum Gasteiger partial charge on any atom is -0.481 e. The van der Waals surface area contributed by atoms with Gasteiger partial charge in [-0.15, -0.1) is 0 Å². The largest absolute Gasteiger partial charge is 0.481 e. The number of hydrogen-bond donors (Lipinski definition) is 3. The smallest absolute Gasteiger partial charge is 0.252 e. The molecule has 0 radical (unpaired) electrons. The van der Waals surface area contributed by atoms with Crippen LogP contribution in [0.3, 0.4) is 0 Å². The molecule has 6 heteroatoms. The molecule has 0 aliphatic rings. The number of nitrogens with zero attached hydrogens (tertiary/aromatic N) is 1. The van der Waals surface area contributed by atoms with Crippen molar-refractivity contribution < 1.29 is 19.7 Å². The number of methoxy groups -OCH3 is 1. The van der Waals surface area contributed by atoms with Crippen molar-refractivity contribution in [2.24, 2.45) is 0 Å². The number of aromatic nitrogens is 1. The number of carbonyl (C=O) groups is 1. The number of ether oxygens (including phenoxy) is 1. The number of hydrogen-bond acceptors (Lipinski definition) is 5. The minimum atomic E-state index is -0.949. The van der Waals surface area contributed by atoms with Gasteiger partial charge in [0, 0.05) is 18.8 Å². The van der Waals surface area contributed by atoms with Gasteiger partial charge in [0.1, 0.15) is 0 Å². The molecule has 1 aromatic heterocycles. The third-order valence-corrected chi connectivity index (χ3v) is 1.92. The molecule has 1 rings (SSSR count). The predicted octanol–water partition coefficient (Wildman–Crippen LogP) is -0.827. The van der Waals surface area contributed by atoms with Gasteiger partial charge in [0.25, 0.3) is 5.91 Å². The summed E-state index contributed by atoms with van der Waals surface area (Å²) in [5.74, 6) is 0.0644. The summed E-state index contributed by atoms with van der Waals surface area (Å²) in [5, 5.41) is 20.0. The number of aliphatic hydroxyl groups excluding tert-OH is 2. The Bertz CT molecular complexity index is 339. The Morgan fingerprint density at radius 1 is 1.62 bits per heavy atom. The summed E-state index contributed by atoms with van der Waals surface area (Å²) in [5.41, 5.74) is 0.367. The van der Waals surface area contributed by atoms with Crippen molar-refractivity contribution in [2.45, 2.75) is 6.10 Å². The second-order valence-corrected chi connectivity index (χ2v) is 3.14. The third kappa shape index (κ3) is 3.48. The van der Waals surface area contributed by atoms with Gasteiger partial charge in [-0.05, 0) is 6.07 Å². The van der Waals surface area contributed by atoms with Crippen LogP contribution < -0.4 is 10.1 Å². The average Bonchev–Trinajstić information content (AvgIpc) is 2.35. The van der Waals surface area contributed by atoms with Crippen LogP contribution in [0.1, 0.15) is 10.4 Å². The van der Waals surface area contributed by atoms with Gasteiger partial charge < -0.3 is 20.3 Å². The number of rotatable bonds is 5. The van der Waals surface area contributed by atoms with Gasteiger partial charge in [-0.1, -0.05) is 0 Å². The molecule has 0 spiro atoms. The highest BCUT2D eigenvalue weighted by Gasteiger charge is 2.08. The Labute approximate surface area is 92.9 Å². The van der Waals surface area contributed by atoms with Crippen molar-refractivity contribution in [1.82, 2.24) is 10.3 Å². The molecule has 1 atom stereocenters. The molecule has 0 bridgehead atoms. The molecular weight excluding hydrogens is 212 g/mol. The fourth-order valence-corrected chi connectivity index (χ4v) is 1.01. The van der Waals surface area contributed by atoms with Crippen molar-refractivity contribution in [3.05, 3.63) is 23.9 Å². The highest BCUT2D eigenvalue weighted by molar-refractivity contribution is 5.93. The summed E-state index contributed by atoms with van der Waals surface area (Å²) in [6.45, 7) is -0.386. The molecule has 3 N–H and O–H groups in total. The lowest BCUT2D eigenvalue weighted by atomic mass is 10.2. The average molecular weight is 226 g/mol. The quantitative estimate of drug-likeness (QED) is 0.609. The fourth-order valence-electron chi connectivity index (χ4n) is 1.01. The summed E-state index contributed by atoms with van der Waals surface area (Å²) in [7, 11) is 1.49. The first kappa shape index (κ1) is 12.4. The SMILES string of the molecule is COc1ccc(C(=O)NCC(O)CO)cn1. The van der Waals surface area contributed by atoms with Crippen molar-refractivity contribution in [2.75, 3.05) is 20.3 Å². The highest BCUT2D eigenvalue weighted by Crippen LogP contribution is 2.06. The highest BCUT2D eigenvalue weighted by atomic mass is 16.5. The molecular formula is C10H14N2O4. The van der Waals surface area contributed by atoms with Crippen molar-refractivity contribution >= 4 is 5.91 Å². The standard InChI is InChI=1S/C10H14N2O4/c1-16-9-3-2-7(4-11-9)10(15)12-5-8(14)6-13/h2-4,8,13-14H,5-6H2,1H3,(H,12,15). The van der Waals surface area contributed by atoms with Crippen LogP contribution in [0.15, 0.2) is 18.3 Å². The Balaban J connectivity index is 2.52. The molecule has 16 heavy (non-hydrogen) atoms. The molecule has 0 aliphatic heterocycles. The van der Waals surface area contributed by atoms with E-state index in [4.69, 9.17) is 14.9 Å². The van der Waals surface area contributed by atoms with E-state index in [1.54, 1.807) is 12.1 Å². The zero-order valence-electron chi connectivity index (χ0n) is 8.88. The lowest BCUT2D eigenvalue weighted by Gasteiger charge is -2.08. The number of nitrogens with one attached hydrogen (secondary N) is 1. The number of carbonyl (C=O) groups excluding carboxylic acids is 1. The van der Waals surface area contributed by atoms with E-state index in [1.807, 2.05) is 0 Å². The third-order valence-electron chi connectivity index (χ3n) is 1.92. The molecule has 0 saturated heterocycles. The summed E-state index contributed by atoms with van der Waals surface area (Å²) in [6.07, 6.45) is 0.426. The van der Waals surface area contributed by atoms with Gasteiger partial charge in [0.05, 0.1) is 25.4 Å². The molecule has 1 amide bonds. The summed E-state index contributed by atoms with van der Waals surface area (Å²) in [4.78, 5) is 15.4. The molecule has 88 valence electrons. The van der Waals surface area contributed by atoms with Crippen LogP contribution in [0.25, 0.3) is 0 Å². The first-order valence-electron chi connectivity index (χ1n) is 4.74. The van der Waals surface area contributed by atoms with Crippen LogP contribution in [0, 0.1) is 0 Å². The fraction of sp³-hybridized carbons (Fsp3) is 0.400. The van der Waals surface area contributed by atoms with Crippen molar-refractivity contribution in [1.29, 1.82) is 0 Å². The van der Waals surface area contributed by atoms with E-state index in [1.165, 1.54) is 13.3 Å². The maximum Gasteiger partial charge on any atom is 0.252 e. The first-order valence-corrected chi connectivity index (χ1v) is 4.74. The summed E-state index contributed by atoms with van der Waals surface area (Å²) in [6, 6.07) is 3.13. The van der Waals surface area contributed by atoms with Gasteiger partial charge in [-0.3, -0.25) is 4.79 Å². The van der Waals surface area contributed by atoms with Crippen LogP contribution >= 0.6 is 0 Å². The summed E-state index contributed by atoms with van der Waals surface area (Å²) >= 11 is 0. The zero-order chi connectivity index (χ0) is 12.0. The normalized spacial score (nSPS) is 11.9. The van der Waals surface area contributed by atoms with E-state index in [2.05, 4.69) is 10.3 Å². The Kier molecular flexibility index (Phi) is 4.68. The molecule has 6 nitrogen and oxygen atoms in total. The molecule has 0 fully saturated rings. The van der Waals surface area contributed by atoms with Crippen molar-refractivity contribution in [3.63, 3.8) is 0 Å². The van der Waals surface area contributed by atoms with Crippen LogP contribution in [0.4, 0.5) is 0 Å². The van der Waals surface area contributed by atoms with Crippen LogP contribution in [0.5, 0.6) is 5.88 Å². The van der Waals surface area contributed by atoms with Crippen LogP contribution in [0.2, 0.25) is 0 Å². The van der Waals surface area contributed by atoms with Gasteiger partial charge in [0.2, 0.25) is 5.88 Å². The second-order valence-electron chi connectivity index (χ2n) is 3.14. The number of pyridine rings is 1. The molecule has 0 aliphatic carbocycles. The van der Waals surface area contributed by atoms with Crippen LogP contribution in [-0.4, -0.2) is 47.5 Å². The monoisotopic (exact) mass is 226 g/mol. The van der Waals surface area contributed by atoms with Gasteiger partial charge in [0.15, 0.2) is 0 Å². The zero-order valence-corrected chi connectivity index (χ0v) is 8.88. The number of aliphatic hydroxyl groups is 2. The first-order chi connectivity index (χ1) is 7.67. The maximum absolute atomic E-state index is 11.5. The van der Waals surface area contributed by atoms with E-state index in [0.717, 1.165) is 0 Å². The maximum atomic E-state index is 11.5. The van der Waals surface area contributed by atoms with E-state index >= 15 is 0 Å². The Morgan fingerprint density at radius 3 is 2.88 bits per heavy atom. The molecule has 1 heterocycles. The van der Waals surface area contributed by atoms with E-state index in [0.29, 0.717) is 11.4 Å². The molecule has 0 saturated carbocycles. The van der Waals surface area contributed by atoms with Crippen LogP contribution in [-0.2, 0) is 0 Å². The predicted molar refractivity (Wildman–Crippen MR) is 56.2 cm³/mol. The minimum absolute atomic E-state index is 0.00135. The molecule has 1 unspecified atom stereocenters.